The SMILES string of the molecule is O=C(NCC(O)COCC1CC1)Nc1cccc(-c2cccs2)c1. The van der Waals surface area contributed by atoms with Crippen molar-refractivity contribution in [3.8, 4) is 10.4 Å². The van der Waals surface area contributed by atoms with Gasteiger partial charge in [0, 0.05) is 23.7 Å². The zero-order valence-electron chi connectivity index (χ0n) is 13.4. The second-order valence-electron chi connectivity index (χ2n) is 6.03. The fourth-order valence-electron chi connectivity index (χ4n) is 2.29. The molecule has 2 aromatic rings. The molecule has 1 aromatic heterocycles. The third-order valence-electron chi connectivity index (χ3n) is 3.79. The number of rotatable bonds is 8. The Kier molecular flexibility index (Phi) is 5.85. The molecule has 2 amide bonds. The summed E-state index contributed by atoms with van der Waals surface area (Å²) in [6.07, 6.45) is 1.76. The summed E-state index contributed by atoms with van der Waals surface area (Å²) >= 11 is 1.66. The van der Waals surface area contributed by atoms with Crippen LogP contribution in [0.2, 0.25) is 0 Å². The van der Waals surface area contributed by atoms with E-state index >= 15 is 0 Å². The van der Waals surface area contributed by atoms with Gasteiger partial charge in [0.1, 0.15) is 0 Å². The van der Waals surface area contributed by atoms with Crippen molar-refractivity contribution in [1.82, 2.24) is 5.32 Å². The molecule has 1 unspecified atom stereocenters. The molecule has 6 heteroatoms. The highest BCUT2D eigenvalue weighted by molar-refractivity contribution is 7.13. The smallest absolute Gasteiger partial charge is 0.319 e. The number of carbonyl (C=O) groups is 1. The van der Waals surface area contributed by atoms with E-state index in [9.17, 15) is 9.90 Å². The molecule has 0 saturated heterocycles. The number of thiophene rings is 1. The highest BCUT2D eigenvalue weighted by atomic mass is 32.1. The van der Waals surface area contributed by atoms with Crippen molar-refractivity contribution < 1.29 is 14.6 Å². The summed E-state index contributed by atoms with van der Waals surface area (Å²) in [5.41, 5.74) is 1.79. The molecule has 128 valence electrons. The normalized spacial score (nSPS) is 15.0. The third-order valence-corrected chi connectivity index (χ3v) is 4.70. The van der Waals surface area contributed by atoms with Gasteiger partial charge in [-0.3, -0.25) is 0 Å². The van der Waals surface area contributed by atoms with Crippen LogP contribution in [0.25, 0.3) is 10.4 Å². The lowest BCUT2D eigenvalue weighted by Crippen LogP contribution is -2.37. The first-order valence-corrected chi connectivity index (χ1v) is 9.03. The van der Waals surface area contributed by atoms with Crippen LogP contribution in [0.3, 0.4) is 0 Å². The van der Waals surface area contributed by atoms with Crippen LogP contribution in [0.15, 0.2) is 41.8 Å². The van der Waals surface area contributed by atoms with Crippen molar-refractivity contribution in [1.29, 1.82) is 0 Å². The lowest BCUT2D eigenvalue weighted by Gasteiger charge is -2.13. The van der Waals surface area contributed by atoms with E-state index in [1.807, 2.05) is 41.8 Å². The van der Waals surface area contributed by atoms with Gasteiger partial charge in [0.15, 0.2) is 0 Å². The van der Waals surface area contributed by atoms with Crippen molar-refractivity contribution in [3.05, 3.63) is 41.8 Å². The molecule has 0 aliphatic heterocycles. The van der Waals surface area contributed by atoms with E-state index in [0.29, 0.717) is 12.5 Å². The highest BCUT2D eigenvalue weighted by Crippen LogP contribution is 2.28. The molecule has 5 nitrogen and oxygen atoms in total. The first kappa shape index (κ1) is 17.0. The number of urea groups is 1. The monoisotopic (exact) mass is 346 g/mol. The van der Waals surface area contributed by atoms with Crippen molar-refractivity contribution in [2.24, 2.45) is 5.92 Å². The number of benzene rings is 1. The third kappa shape index (κ3) is 5.33. The van der Waals surface area contributed by atoms with Crippen LogP contribution >= 0.6 is 11.3 Å². The Morgan fingerprint density at radius 2 is 2.21 bits per heavy atom. The summed E-state index contributed by atoms with van der Waals surface area (Å²) in [5, 5.41) is 17.3. The number of aliphatic hydroxyl groups excluding tert-OH is 1. The van der Waals surface area contributed by atoms with E-state index in [1.165, 1.54) is 12.8 Å². The minimum absolute atomic E-state index is 0.168. The number of hydrogen-bond acceptors (Lipinski definition) is 4. The molecule has 1 heterocycles. The predicted octanol–water partition coefficient (Wildman–Crippen LogP) is 3.32. The van der Waals surface area contributed by atoms with E-state index in [2.05, 4.69) is 10.6 Å². The average molecular weight is 346 g/mol. The Morgan fingerprint density at radius 1 is 1.33 bits per heavy atom. The topological polar surface area (TPSA) is 70.6 Å². The molecular weight excluding hydrogens is 324 g/mol. The summed E-state index contributed by atoms with van der Waals surface area (Å²) in [5.74, 6) is 0.670. The standard InChI is InChI=1S/C18H22N2O3S/c21-16(12-23-11-13-6-7-13)10-19-18(22)20-15-4-1-3-14(9-15)17-5-2-8-24-17/h1-5,8-9,13,16,21H,6-7,10-12H2,(H2,19,20,22). The summed E-state index contributed by atoms with van der Waals surface area (Å²) in [6.45, 7) is 1.13. The van der Waals surface area contributed by atoms with E-state index < -0.39 is 6.10 Å². The molecule has 0 radical (unpaired) electrons. The van der Waals surface area contributed by atoms with Gasteiger partial charge >= 0.3 is 6.03 Å². The van der Waals surface area contributed by atoms with Crippen molar-refractivity contribution in [3.63, 3.8) is 0 Å². The Balaban J connectivity index is 1.42. The number of amides is 2. The van der Waals surface area contributed by atoms with Gasteiger partial charge in [0.05, 0.1) is 12.7 Å². The molecule has 3 rings (SSSR count). The average Bonchev–Trinajstić information content (AvgIpc) is 3.23. The van der Waals surface area contributed by atoms with E-state index in [-0.39, 0.29) is 19.2 Å². The fourth-order valence-corrected chi connectivity index (χ4v) is 3.02. The second kappa shape index (κ2) is 8.28. The molecule has 1 aromatic carbocycles. The van der Waals surface area contributed by atoms with Gasteiger partial charge in [-0.2, -0.15) is 0 Å². The number of nitrogens with one attached hydrogen (secondary N) is 2. The van der Waals surface area contributed by atoms with E-state index in [0.717, 1.165) is 16.1 Å². The molecular formula is C18H22N2O3S. The maximum Gasteiger partial charge on any atom is 0.319 e. The maximum atomic E-state index is 11.9. The molecule has 24 heavy (non-hydrogen) atoms. The minimum Gasteiger partial charge on any atom is -0.389 e. The lowest BCUT2D eigenvalue weighted by atomic mass is 10.1. The van der Waals surface area contributed by atoms with Crippen LogP contribution in [0.4, 0.5) is 10.5 Å². The highest BCUT2D eigenvalue weighted by Gasteiger charge is 2.21. The number of hydrogen-bond donors (Lipinski definition) is 3. The Morgan fingerprint density at radius 3 is 2.96 bits per heavy atom. The van der Waals surface area contributed by atoms with Crippen LogP contribution in [0, 0.1) is 5.92 Å². The Labute approximate surface area is 145 Å². The van der Waals surface area contributed by atoms with Crippen LogP contribution in [-0.2, 0) is 4.74 Å². The summed E-state index contributed by atoms with van der Waals surface area (Å²) < 4.78 is 5.41. The summed E-state index contributed by atoms with van der Waals surface area (Å²) in [7, 11) is 0. The van der Waals surface area contributed by atoms with Gasteiger partial charge in [-0.25, -0.2) is 4.79 Å². The predicted molar refractivity (Wildman–Crippen MR) is 96.3 cm³/mol. The zero-order valence-corrected chi connectivity index (χ0v) is 14.2. The van der Waals surface area contributed by atoms with Crippen molar-refractivity contribution >= 4 is 23.1 Å². The fraction of sp³-hybridized carbons (Fsp3) is 0.389. The van der Waals surface area contributed by atoms with Gasteiger partial charge < -0.3 is 20.5 Å². The van der Waals surface area contributed by atoms with E-state index in [4.69, 9.17) is 4.74 Å². The molecule has 0 bridgehead atoms. The van der Waals surface area contributed by atoms with Crippen LogP contribution in [0.1, 0.15) is 12.8 Å². The van der Waals surface area contributed by atoms with Gasteiger partial charge in [0.25, 0.3) is 0 Å². The first-order chi connectivity index (χ1) is 11.7. The zero-order chi connectivity index (χ0) is 16.8. The van der Waals surface area contributed by atoms with Crippen LogP contribution in [-0.4, -0.2) is 37.0 Å². The van der Waals surface area contributed by atoms with Crippen molar-refractivity contribution in [2.45, 2.75) is 18.9 Å². The van der Waals surface area contributed by atoms with Crippen LogP contribution < -0.4 is 10.6 Å². The number of ether oxygens (including phenoxy) is 1. The molecule has 1 saturated carbocycles. The maximum absolute atomic E-state index is 11.9. The molecule has 1 aliphatic rings. The van der Waals surface area contributed by atoms with Crippen LogP contribution in [0.5, 0.6) is 0 Å². The number of anilines is 1. The van der Waals surface area contributed by atoms with Gasteiger partial charge in [-0.15, -0.1) is 11.3 Å². The van der Waals surface area contributed by atoms with Gasteiger partial charge in [-0.05, 0) is 47.9 Å². The molecule has 0 spiro atoms. The van der Waals surface area contributed by atoms with E-state index in [1.54, 1.807) is 11.3 Å². The first-order valence-electron chi connectivity index (χ1n) is 8.15. The van der Waals surface area contributed by atoms with Gasteiger partial charge in [-0.1, -0.05) is 18.2 Å². The summed E-state index contributed by atoms with van der Waals surface area (Å²) in [4.78, 5) is 13.1. The minimum atomic E-state index is -0.688. The molecule has 1 aliphatic carbocycles. The quantitative estimate of drug-likeness (QED) is 0.687. The molecule has 1 fully saturated rings. The van der Waals surface area contributed by atoms with Gasteiger partial charge in [0.2, 0.25) is 0 Å². The Hall–Kier alpha value is -1.89. The number of carbonyl (C=O) groups excluding carboxylic acids is 1. The molecule has 3 N–H and O–H groups in total. The van der Waals surface area contributed by atoms with Crippen molar-refractivity contribution in [2.75, 3.05) is 25.1 Å². The Bertz CT molecular complexity index is 656. The summed E-state index contributed by atoms with van der Waals surface area (Å²) in [6, 6.07) is 11.4. The number of aliphatic hydroxyl groups is 1. The lowest BCUT2D eigenvalue weighted by molar-refractivity contribution is 0.0339. The second-order valence-corrected chi connectivity index (χ2v) is 6.98. The molecule has 1 atom stereocenters. The largest absolute Gasteiger partial charge is 0.389 e.